The van der Waals surface area contributed by atoms with Crippen LogP contribution < -0.4 is 10.9 Å². The molecule has 29 heavy (non-hydrogen) atoms. The van der Waals surface area contributed by atoms with Crippen LogP contribution in [0.1, 0.15) is 33.2 Å². The van der Waals surface area contributed by atoms with Crippen molar-refractivity contribution in [2.75, 3.05) is 5.32 Å². The SMILES string of the molecule is CC[C@H](C)n1c(S[C@H](C)C(=O)Nc2c(F)cccc2F)nc2ccccc2c1=O. The maximum absolute atomic E-state index is 13.8. The summed E-state index contributed by atoms with van der Waals surface area (Å²) in [7, 11) is 0. The number of para-hydroxylation sites is 2. The molecular formula is C21H21F2N3O2S. The van der Waals surface area contributed by atoms with Gasteiger partial charge in [-0.2, -0.15) is 0 Å². The fraction of sp³-hybridized carbons (Fsp3) is 0.286. The highest BCUT2D eigenvalue weighted by Crippen LogP contribution is 2.27. The predicted molar refractivity (Wildman–Crippen MR) is 111 cm³/mol. The summed E-state index contributed by atoms with van der Waals surface area (Å²) >= 11 is 1.08. The zero-order chi connectivity index (χ0) is 21.1. The van der Waals surface area contributed by atoms with Crippen LogP contribution in [0.4, 0.5) is 14.5 Å². The molecule has 2 aromatic carbocycles. The second kappa shape index (κ2) is 8.73. The highest BCUT2D eigenvalue weighted by atomic mass is 32.2. The zero-order valence-corrected chi connectivity index (χ0v) is 17.1. The first-order chi connectivity index (χ1) is 13.8. The minimum absolute atomic E-state index is 0.124. The van der Waals surface area contributed by atoms with Crippen molar-refractivity contribution in [3.63, 3.8) is 0 Å². The number of rotatable bonds is 6. The highest BCUT2D eigenvalue weighted by Gasteiger charge is 2.23. The number of anilines is 1. The van der Waals surface area contributed by atoms with Gasteiger partial charge in [0.25, 0.3) is 5.56 Å². The Bertz CT molecular complexity index is 1100. The van der Waals surface area contributed by atoms with Crippen LogP contribution in [0.2, 0.25) is 0 Å². The van der Waals surface area contributed by atoms with Crippen molar-refractivity contribution < 1.29 is 13.6 Å². The molecule has 0 saturated heterocycles. The number of hydrogen-bond acceptors (Lipinski definition) is 4. The van der Waals surface area contributed by atoms with E-state index in [1.165, 1.54) is 6.07 Å². The minimum Gasteiger partial charge on any atom is -0.320 e. The number of fused-ring (bicyclic) bond motifs is 1. The number of aromatic nitrogens is 2. The van der Waals surface area contributed by atoms with E-state index in [1.54, 1.807) is 35.8 Å². The molecule has 2 atom stereocenters. The number of amides is 1. The molecule has 1 amide bonds. The van der Waals surface area contributed by atoms with Crippen molar-refractivity contribution in [2.45, 2.75) is 43.6 Å². The molecule has 0 saturated carbocycles. The molecule has 3 rings (SSSR count). The van der Waals surface area contributed by atoms with Gasteiger partial charge in [0.2, 0.25) is 5.91 Å². The van der Waals surface area contributed by atoms with Gasteiger partial charge in [-0.3, -0.25) is 14.2 Å². The number of carbonyl (C=O) groups is 1. The molecular weight excluding hydrogens is 396 g/mol. The molecule has 3 aromatic rings. The summed E-state index contributed by atoms with van der Waals surface area (Å²) in [5.41, 5.74) is -0.136. The minimum atomic E-state index is -0.851. The molecule has 0 radical (unpaired) electrons. The highest BCUT2D eigenvalue weighted by molar-refractivity contribution is 8.00. The lowest BCUT2D eigenvalue weighted by atomic mass is 10.2. The number of nitrogens with zero attached hydrogens (tertiary/aromatic N) is 2. The first-order valence-corrected chi connectivity index (χ1v) is 10.1. The van der Waals surface area contributed by atoms with Crippen molar-refractivity contribution >= 4 is 34.3 Å². The van der Waals surface area contributed by atoms with E-state index in [4.69, 9.17) is 0 Å². The molecule has 8 heteroatoms. The van der Waals surface area contributed by atoms with Gasteiger partial charge in [-0.1, -0.05) is 36.9 Å². The standard InChI is InChI=1S/C21H21F2N3O2S/c1-4-12(2)26-20(28)14-8-5-6-11-17(14)24-21(26)29-13(3)19(27)25-18-15(22)9-7-10-16(18)23/h5-13H,4H2,1-3H3,(H,25,27)/t12-,13+/m0/s1. The maximum atomic E-state index is 13.8. The van der Waals surface area contributed by atoms with E-state index in [-0.39, 0.29) is 11.6 Å². The van der Waals surface area contributed by atoms with Crippen LogP contribution in [0.15, 0.2) is 52.4 Å². The van der Waals surface area contributed by atoms with Crippen LogP contribution >= 0.6 is 11.8 Å². The Hall–Kier alpha value is -2.74. The maximum Gasteiger partial charge on any atom is 0.262 e. The molecule has 1 heterocycles. The smallest absolute Gasteiger partial charge is 0.262 e. The Kier molecular flexibility index (Phi) is 6.32. The number of halogens is 2. The van der Waals surface area contributed by atoms with Crippen LogP contribution in [0.25, 0.3) is 10.9 Å². The van der Waals surface area contributed by atoms with Gasteiger partial charge in [0.1, 0.15) is 17.3 Å². The Morgan fingerprint density at radius 2 is 1.79 bits per heavy atom. The first-order valence-electron chi connectivity index (χ1n) is 9.26. The van der Waals surface area contributed by atoms with E-state index in [0.29, 0.717) is 22.5 Å². The van der Waals surface area contributed by atoms with E-state index in [2.05, 4.69) is 10.3 Å². The van der Waals surface area contributed by atoms with E-state index in [9.17, 15) is 18.4 Å². The summed E-state index contributed by atoms with van der Waals surface area (Å²) in [6.45, 7) is 5.46. The number of nitrogens with one attached hydrogen (secondary N) is 1. The Morgan fingerprint density at radius 3 is 2.45 bits per heavy atom. The lowest BCUT2D eigenvalue weighted by molar-refractivity contribution is -0.115. The second-order valence-electron chi connectivity index (χ2n) is 6.69. The third-order valence-corrected chi connectivity index (χ3v) is 5.74. The van der Waals surface area contributed by atoms with Crippen LogP contribution in [-0.4, -0.2) is 20.7 Å². The zero-order valence-electron chi connectivity index (χ0n) is 16.3. The Balaban J connectivity index is 1.94. The van der Waals surface area contributed by atoms with Gasteiger partial charge in [0.05, 0.1) is 16.2 Å². The summed E-state index contributed by atoms with van der Waals surface area (Å²) in [4.78, 5) is 30.1. The van der Waals surface area contributed by atoms with E-state index >= 15 is 0 Å². The van der Waals surface area contributed by atoms with Crippen molar-refractivity contribution in [3.05, 3.63) is 64.5 Å². The molecule has 0 unspecified atom stereocenters. The summed E-state index contributed by atoms with van der Waals surface area (Å²) in [6, 6.07) is 10.3. The summed E-state index contributed by atoms with van der Waals surface area (Å²) < 4.78 is 29.2. The number of thioether (sulfide) groups is 1. The average molecular weight is 417 g/mol. The molecule has 5 nitrogen and oxygen atoms in total. The largest absolute Gasteiger partial charge is 0.320 e. The number of carbonyl (C=O) groups excluding carboxylic acids is 1. The van der Waals surface area contributed by atoms with Crippen LogP contribution in [0, 0.1) is 11.6 Å². The predicted octanol–water partition coefficient (Wildman–Crippen LogP) is 4.77. The summed E-state index contributed by atoms with van der Waals surface area (Å²) in [5.74, 6) is -2.29. The van der Waals surface area contributed by atoms with Crippen LogP contribution in [0.3, 0.4) is 0 Å². The van der Waals surface area contributed by atoms with E-state index < -0.39 is 28.5 Å². The Labute approximate surface area is 171 Å². The second-order valence-corrected chi connectivity index (χ2v) is 8.00. The van der Waals surface area contributed by atoms with Crippen molar-refractivity contribution in [2.24, 2.45) is 0 Å². The molecule has 0 spiro atoms. The molecule has 0 bridgehead atoms. The topological polar surface area (TPSA) is 64.0 Å². The molecule has 0 aliphatic heterocycles. The van der Waals surface area contributed by atoms with Gasteiger partial charge in [-0.25, -0.2) is 13.8 Å². The summed E-state index contributed by atoms with van der Waals surface area (Å²) in [6.07, 6.45) is 0.703. The monoisotopic (exact) mass is 417 g/mol. The quantitative estimate of drug-likeness (QED) is 0.464. The molecule has 1 aromatic heterocycles. The first kappa shape index (κ1) is 21.0. The lowest BCUT2D eigenvalue weighted by Gasteiger charge is -2.20. The van der Waals surface area contributed by atoms with Gasteiger partial charge in [0.15, 0.2) is 5.16 Å². The van der Waals surface area contributed by atoms with Crippen LogP contribution in [-0.2, 0) is 4.79 Å². The van der Waals surface area contributed by atoms with Crippen molar-refractivity contribution in [1.82, 2.24) is 9.55 Å². The number of hydrogen-bond donors (Lipinski definition) is 1. The van der Waals surface area contributed by atoms with E-state index in [1.807, 2.05) is 13.8 Å². The molecule has 0 aliphatic rings. The van der Waals surface area contributed by atoms with Crippen molar-refractivity contribution in [1.29, 1.82) is 0 Å². The van der Waals surface area contributed by atoms with Gasteiger partial charge in [-0.15, -0.1) is 0 Å². The van der Waals surface area contributed by atoms with Gasteiger partial charge < -0.3 is 5.32 Å². The third kappa shape index (κ3) is 4.32. The average Bonchev–Trinajstić information content (AvgIpc) is 2.70. The fourth-order valence-corrected chi connectivity index (χ4v) is 3.84. The fourth-order valence-electron chi connectivity index (χ4n) is 2.83. The Morgan fingerprint density at radius 1 is 1.14 bits per heavy atom. The molecule has 0 aliphatic carbocycles. The molecule has 152 valence electrons. The van der Waals surface area contributed by atoms with Crippen LogP contribution in [0.5, 0.6) is 0 Å². The van der Waals surface area contributed by atoms with Gasteiger partial charge in [-0.05, 0) is 44.5 Å². The van der Waals surface area contributed by atoms with Gasteiger partial charge in [0, 0.05) is 6.04 Å². The van der Waals surface area contributed by atoms with E-state index in [0.717, 1.165) is 23.9 Å². The van der Waals surface area contributed by atoms with Crippen molar-refractivity contribution in [3.8, 4) is 0 Å². The third-order valence-electron chi connectivity index (χ3n) is 4.67. The van der Waals surface area contributed by atoms with Gasteiger partial charge >= 0.3 is 0 Å². The molecule has 1 N–H and O–H groups in total. The number of benzene rings is 2. The summed E-state index contributed by atoms with van der Waals surface area (Å²) in [5, 5.41) is 2.44. The lowest BCUT2D eigenvalue weighted by Crippen LogP contribution is -2.29. The molecule has 0 fully saturated rings. The normalized spacial score (nSPS) is 13.3.